The summed E-state index contributed by atoms with van der Waals surface area (Å²) >= 11 is 0. The van der Waals surface area contributed by atoms with E-state index in [1.54, 1.807) is 0 Å². The minimum Gasteiger partial charge on any atom is -0.308 e. The Labute approximate surface area is 105 Å². The molecule has 2 heteroatoms. The summed E-state index contributed by atoms with van der Waals surface area (Å²) in [7, 11) is 0. The van der Waals surface area contributed by atoms with Crippen molar-refractivity contribution >= 4 is 0 Å². The second kappa shape index (κ2) is 6.15. The van der Waals surface area contributed by atoms with Gasteiger partial charge in [0.15, 0.2) is 0 Å². The van der Waals surface area contributed by atoms with Crippen molar-refractivity contribution in [2.24, 2.45) is 5.92 Å². The van der Waals surface area contributed by atoms with E-state index in [0.29, 0.717) is 6.04 Å². The topological polar surface area (TPSA) is 24.9 Å². The Kier molecular flexibility index (Phi) is 4.55. The van der Waals surface area contributed by atoms with Gasteiger partial charge in [-0.2, -0.15) is 0 Å². The third-order valence-corrected chi connectivity index (χ3v) is 3.93. The predicted molar refractivity (Wildman–Crippen MR) is 71.9 cm³/mol. The fourth-order valence-corrected chi connectivity index (χ4v) is 2.67. The Bertz CT molecular complexity index is 325. The number of aryl methyl sites for hydroxylation is 1. The Hall–Kier alpha value is -0.890. The first-order chi connectivity index (χ1) is 8.25. The molecule has 0 radical (unpaired) electrons. The molecule has 1 aromatic heterocycles. The van der Waals surface area contributed by atoms with Gasteiger partial charge in [-0.15, -0.1) is 0 Å². The van der Waals surface area contributed by atoms with Gasteiger partial charge in [0.05, 0.1) is 5.69 Å². The number of nitrogens with zero attached hydrogens (tertiary/aromatic N) is 1. The van der Waals surface area contributed by atoms with Crippen LogP contribution in [0.1, 0.15) is 50.3 Å². The molecule has 1 heterocycles. The maximum atomic E-state index is 4.43. The zero-order valence-corrected chi connectivity index (χ0v) is 11.1. The normalized spacial score (nSPS) is 19.2. The Morgan fingerprint density at radius 2 is 2.06 bits per heavy atom. The summed E-state index contributed by atoms with van der Waals surface area (Å²) in [5.74, 6) is 0.870. The average Bonchev–Trinajstić information content (AvgIpc) is 2.39. The molecule has 0 aliphatic heterocycles. The zero-order chi connectivity index (χ0) is 12.1. The number of aromatic nitrogens is 1. The highest BCUT2D eigenvalue weighted by Crippen LogP contribution is 2.26. The molecule has 0 saturated heterocycles. The molecule has 1 atom stereocenters. The van der Waals surface area contributed by atoms with Gasteiger partial charge in [0.1, 0.15) is 0 Å². The lowest BCUT2D eigenvalue weighted by atomic mass is 9.84. The summed E-state index contributed by atoms with van der Waals surface area (Å²) in [6.45, 7) is 5.30. The summed E-state index contributed by atoms with van der Waals surface area (Å²) in [5.41, 5.74) is 2.38. The number of nitrogens with one attached hydrogen (secondary N) is 1. The van der Waals surface area contributed by atoms with Crippen molar-refractivity contribution in [1.29, 1.82) is 0 Å². The lowest BCUT2D eigenvalue weighted by Crippen LogP contribution is -2.34. The molecule has 0 spiro atoms. The van der Waals surface area contributed by atoms with Crippen LogP contribution < -0.4 is 5.32 Å². The van der Waals surface area contributed by atoms with Crippen molar-refractivity contribution in [1.82, 2.24) is 10.3 Å². The first-order valence-corrected chi connectivity index (χ1v) is 6.90. The Balaban J connectivity index is 1.78. The van der Waals surface area contributed by atoms with Crippen LogP contribution in [0.25, 0.3) is 0 Å². The van der Waals surface area contributed by atoms with Crippen LogP contribution in [0.5, 0.6) is 0 Å². The second-order valence-electron chi connectivity index (χ2n) is 5.39. The fourth-order valence-electron chi connectivity index (χ4n) is 2.67. The SMILES string of the molecule is Cc1ccc(CN[C@@H](C)C2CCCCC2)nc1. The van der Waals surface area contributed by atoms with Crippen molar-refractivity contribution in [3.8, 4) is 0 Å². The molecule has 1 aromatic rings. The van der Waals surface area contributed by atoms with E-state index < -0.39 is 0 Å². The van der Waals surface area contributed by atoms with Crippen LogP contribution >= 0.6 is 0 Å². The van der Waals surface area contributed by atoms with Crippen LogP contribution in [-0.4, -0.2) is 11.0 Å². The van der Waals surface area contributed by atoms with Crippen LogP contribution in [0.2, 0.25) is 0 Å². The molecule has 0 aromatic carbocycles. The van der Waals surface area contributed by atoms with Gasteiger partial charge in [-0.1, -0.05) is 25.3 Å². The van der Waals surface area contributed by atoms with Crippen LogP contribution in [0, 0.1) is 12.8 Å². The van der Waals surface area contributed by atoms with Crippen molar-refractivity contribution in [3.05, 3.63) is 29.6 Å². The van der Waals surface area contributed by atoms with Gasteiger partial charge in [-0.3, -0.25) is 4.98 Å². The molecule has 2 rings (SSSR count). The third-order valence-electron chi connectivity index (χ3n) is 3.93. The lowest BCUT2D eigenvalue weighted by Gasteiger charge is -2.28. The molecule has 1 aliphatic carbocycles. The minimum absolute atomic E-state index is 0.624. The van der Waals surface area contributed by atoms with Crippen molar-refractivity contribution < 1.29 is 0 Å². The molecule has 1 saturated carbocycles. The van der Waals surface area contributed by atoms with Crippen molar-refractivity contribution in [2.45, 2.75) is 58.5 Å². The van der Waals surface area contributed by atoms with Crippen LogP contribution in [0.15, 0.2) is 18.3 Å². The molecule has 2 nitrogen and oxygen atoms in total. The van der Waals surface area contributed by atoms with E-state index >= 15 is 0 Å². The highest BCUT2D eigenvalue weighted by atomic mass is 14.9. The molecule has 1 fully saturated rings. The standard InChI is InChI=1S/C15H24N2/c1-12-8-9-15(17-10-12)11-16-13(2)14-6-4-3-5-7-14/h8-10,13-14,16H,3-7,11H2,1-2H3/t13-/m0/s1. The van der Waals surface area contributed by atoms with E-state index in [1.807, 2.05) is 6.20 Å². The van der Waals surface area contributed by atoms with E-state index in [9.17, 15) is 0 Å². The summed E-state index contributed by atoms with van der Waals surface area (Å²) in [6.07, 6.45) is 9.01. The molecule has 94 valence electrons. The fraction of sp³-hybridized carbons (Fsp3) is 0.667. The molecular formula is C15H24N2. The van der Waals surface area contributed by atoms with Crippen molar-refractivity contribution in [2.75, 3.05) is 0 Å². The first kappa shape index (κ1) is 12.6. The van der Waals surface area contributed by atoms with Gasteiger partial charge in [0, 0.05) is 18.8 Å². The number of hydrogen-bond donors (Lipinski definition) is 1. The molecule has 0 amide bonds. The summed E-state index contributed by atoms with van der Waals surface area (Å²) in [6, 6.07) is 4.88. The van der Waals surface area contributed by atoms with E-state index in [-0.39, 0.29) is 0 Å². The van der Waals surface area contributed by atoms with Crippen LogP contribution in [0.4, 0.5) is 0 Å². The van der Waals surface area contributed by atoms with E-state index in [1.165, 1.54) is 37.7 Å². The largest absolute Gasteiger partial charge is 0.308 e. The molecule has 1 aliphatic rings. The summed E-state index contributed by atoms with van der Waals surface area (Å²) in [4.78, 5) is 4.43. The van der Waals surface area contributed by atoms with E-state index in [0.717, 1.165) is 18.2 Å². The van der Waals surface area contributed by atoms with Crippen molar-refractivity contribution in [3.63, 3.8) is 0 Å². The maximum absolute atomic E-state index is 4.43. The molecular weight excluding hydrogens is 208 g/mol. The van der Waals surface area contributed by atoms with Crippen LogP contribution in [-0.2, 0) is 6.54 Å². The van der Waals surface area contributed by atoms with Gasteiger partial charge in [0.2, 0.25) is 0 Å². The highest BCUT2D eigenvalue weighted by molar-refractivity contribution is 5.12. The smallest absolute Gasteiger partial charge is 0.0541 e. The average molecular weight is 232 g/mol. The predicted octanol–water partition coefficient (Wildman–Crippen LogP) is 3.45. The number of hydrogen-bond acceptors (Lipinski definition) is 2. The van der Waals surface area contributed by atoms with Gasteiger partial charge in [-0.05, 0) is 44.2 Å². The molecule has 0 unspecified atom stereocenters. The van der Waals surface area contributed by atoms with Gasteiger partial charge in [0.25, 0.3) is 0 Å². The highest BCUT2D eigenvalue weighted by Gasteiger charge is 2.19. The summed E-state index contributed by atoms with van der Waals surface area (Å²) < 4.78 is 0. The minimum atomic E-state index is 0.624. The first-order valence-electron chi connectivity index (χ1n) is 6.90. The molecule has 1 N–H and O–H groups in total. The molecule has 0 bridgehead atoms. The Morgan fingerprint density at radius 1 is 1.29 bits per heavy atom. The van der Waals surface area contributed by atoms with E-state index in [2.05, 4.69) is 36.3 Å². The third kappa shape index (κ3) is 3.81. The quantitative estimate of drug-likeness (QED) is 0.860. The van der Waals surface area contributed by atoms with Gasteiger partial charge in [-0.25, -0.2) is 0 Å². The van der Waals surface area contributed by atoms with E-state index in [4.69, 9.17) is 0 Å². The summed E-state index contributed by atoms with van der Waals surface area (Å²) in [5, 5.41) is 3.63. The lowest BCUT2D eigenvalue weighted by molar-refractivity contribution is 0.280. The molecule has 17 heavy (non-hydrogen) atoms. The second-order valence-corrected chi connectivity index (χ2v) is 5.39. The van der Waals surface area contributed by atoms with Crippen LogP contribution in [0.3, 0.4) is 0 Å². The number of pyridine rings is 1. The Morgan fingerprint density at radius 3 is 2.71 bits per heavy atom. The zero-order valence-electron chi connectivity index (χ0n) is 11.1. The van der Waals surface area contributed by atoms with Gasteiger partial charge < -0.3 is 5.32 Å². The monoisotopic (exact) mass is 232 g/mol. The maximum Gasteiger partial charge on any atom is 0.0541 e. The number of rotatable bonds is 4. The van der Waals surface area contributed by atoms with Gasteiger partial charge >= 0.3 is 0 Å².